The van der Waals surface area contributed by atoms with Crippen molar-refractivity contribution in [2.45, 2.75) is 17.6 Å². The number of hydrogen-bond acceptors (Lipinski definition) is 6. The van der Waals surface area contributed by atoms with Crippen molar-refractivity contribution in [2.24, 2.45) is 0 Å². The van der Waals surface area contributed by atoms with E-state index in [0.29, 0.717) is 39.6 Å². The second-order valence-corrected chi connectivity index (χ2v) is 11.8. The highest BCUT2D eigenvalue weighted by molar-refractivity contribution is 5.95. The molecule has 6 nitrogen and oxygen atoms in total. The van der Waals surface area contributed by atoms with E-state index >= 15 is 0 Å². The Kier molecular flexibility index (Phi) is 7.73. The molecule has 2 unspecified atom stereocenters. The predicted octanol–water partition coefficient (Wildman–Crippen LogP) is 6.79. The van der Waals surface area contributed by atoms with E-state index in [1.807, 2.05) is 0 Å². The van der Waals surface area contributed by atoms with Crippen molar-refractivity contribution in [2.75, 3.05) is 52.9 Å². The minimum atomic E-state index is -0.520. The number of rotatable bonds is 14. The van der Waals surface area contributed by atoms with E-state index < -0.39 is 5.41 Å². The first-order valence-electron chi connectivity index (χ1n) is 15.8. The van der Waals surface area contributed by atoms with E-state index in [-0.39, 0.29) is 12.2 Å². The molecule has 0 radical (unpaired) electrons. The van der Waals surface area contributed by atoms with Crippen molar-refractivity contribution in [1.82, 2.24) is 0 Å². The number of ether oxygens (including phenoxy) is 6. The molecule has 5 aromatic carbocycles. The fraction of sp³-hybridized carbons (Fsp3) is 0.282. The van der Waals surface area contributed by atoms with Crippen LogP contribution in [0.25, 0.3) is 21.9 Å². The van der Waals surface area contributed by atoms with E-state index in [1.165, 1.54) is 44.2 Å². The summed E-state index contributed by atoms with van der Waals surface area (Å²) in [6.07, 6.45) is 0.522. The Morgan fingerprint density at radius 1 is 0.533 bits per heavy atom. The SMILES string of the molecule is c1ccc2c(c1)-c1cc3ccccc3cc1C2(c1ccc(OCCOCC2CO2)cc1)c1ccc(OCCOCC2CO2)cc1. The molecule has 0 aromatic heterocycles. The minimum absolute atomic E-state index is 0.261. The molecule has 6 heteroatoms. The van der Waals surface area contributed by atoms with Crippen LogP contribution in [0.5, 0.6) is 11.5 Å². The van der Waals surface area contributed by atoms with Crippen molar-refractivity contribution in [3.63, 3.8) is 0 Å². The quantitative estimate of drug-likeness (QED) is 0.101. The Bertz CT molecular complexity index is 1710. The van der Waals surface area contributed by atoms with Gasteiger partial charge in [-0.1, -0.05) is 72.8 Å². The van der Waals surface area contributed by atoms with Crippen LogP contribution in [0.3, 0.4) is 0 Å². The lowest BCUT2D eigenvalue weighted by molar-refractivity contribution is 0.0878. The topological polar surface area (TPSA) is 62.0 Å². The van der Waals surface area contributed by atoms with Gasteiger partial charge in [0, 0.05) is 0 Å². The summed E-state index contributed by atoms with van der Waals surface area (Å²) >= 11 is 0. The molecule has 2 heterocycles. The Morgan fingerprint density at radius 2 is 1.04 bits per heavy atom. The first kappa shape index (κ1) is 28.3. The van der Waals surface area contributed by atoms with E-state index in [1.54, 1.807) is 0 Å². The van der Waals surface area contributed by atoms with Gasteiger partial charge in [0.15, 0.2) is 0 Å². The molecule has 0 spiro atoms. The van der Waals surface area contributed by atoms with Gasteiger partial charge in [-0.2, -0.15) is 0 Å². The lowest BCUT2D eigenvalue weighted by atomic mass is 9.67. The summed E-state index contributed by atoms with van der Waals surface area (Å²) < 4.78 is 33.8. The van der Waals surface area contributed by atoms with Crippen LogP contribution in [-0.4, -0.2) is 65.1 Å². The molecule has 0 saturated carbocycles. The third-order valence-corrected chi connectivity index (χ3v) is 8.89. The van der Waals surface area contributed by atoms with Crippen LogP contribution in [0.15, 0.2) is 109 Å². The molecular formula is C39H36O6. The average molecular weight is 601 g/mol. The molecule has 3 aliphatic rings. The lowest BCUT2D eigenvalue weighted by Crippen LogP contribution is -2.28. The molecule has 8 rings (SSSR count). The summed E-state index contributed by atoms with van der Waals surface area (Å²) in [5, 5.41) is 2.46. The van der Waals surface area contributed by atoms with Gasteiger partial charge in [-0.25, -0.2) is 0 Å². The first-order valence-corrected chi connectivity index (χ1v) is 15.8. The third-order valence-electron chi connectivity index (χ3n) is 8.89. The molecule has 5 aromatic rings. The summed E-state index contributed by atoms with van der Waals surface area (Å²) in [4.78, 5) is 0. The zero-order chi connectivity index (χ0) is 30.1. The van der Waals surface area contributed by atoms with Crippen molar-refractivity contribution in [3.05, 3.63) is 131 Å². The smallest absolute Gasteiger partial charge is 0.119 e. The Morgan fingerprint density at radius 3 is 1.60 bits per heavy atom. The minimum Gasteiger partial charge on any atom is -0.491 e. The highest BCUT2D eigenvalue weighted by atomic mass is 16.6. The molecule has 45 heavy (non-hydrogen) atoms. The van der Waals surface area contributed by atoms with Gasteiger partial charge in [-0.15, -0.1) is 0 Å². The largest absolute Gasteiger partial charge is 0.491 e. The van der Waals surface area contributed by atoms with Crippen LogP contribution < -0.4 is 9.47 Å². The van der Waals surface area contributed by atoms with Gasteiger partial charge in [0.25, 0.3) is 0 Å². The predicted molar refractivity (Wildman–Crippen MR) is 173 cm³/mol. The monoisotopic (exact) mass is 600 g/mol. The van der Waals surface area contributed by atoms with Crippen LogP contribution in [0.4, 0.5) is 0 Å². The van der Waals surface area contributed by atoms with E-state index in [4.69, 9.17) is 28.4 Å². The molecular weight excluding hydrogens is 564 g/mol. The molecule has 1 aliphatic carbocycles. The van der Waals surface area contributed by atoms with Gasteiger partial charge in [-0.05, 0) is 80.6 Å². The van der Waals surface area contributed by atoms with E-state index in [9.17, 15) is 0 Å². The van der Waals surface area contributed by atoms with Crippen molar-refractivity contribution in [1.29, 1.82) is 0 Å². The Hall–Kier alpha value is -4.20. The van der Waals surface area contributed by atoms with Crippen LogP contribution in [0.1, 0.15) is 22.3 Å². The van der Waals surface area contributed by atoms with Crippen molar-refractivity contribution in [3.8, 4) is 22.6 Å². The first-order chi connectivity index (χ1) is 22.3. The molecule has 2 saturated heterocycles. The van der Waals surface area contributed by atoms with E-state index in [0.717, 1.165) is 24.7 Å². The maximum atomic E-state index is 6.05. The highest BCUT2D eigenvalue weighted by Gasteiger charge is 2.46. The number of hydrogen-bond donors (Lipinski definition) is 0. The molecule has 228 valence electrons. The second kappa shape index (κ2) is 12.3. The zero-order valence-electron chi connectivity index (χ0n) is 25.2. The number of fused-ring (bicyclic) bond motifs is 4. The van der Waals surface area contributed by atoms with Crippen LogP contribution in [0, 0.1) is 0 Å². The van der Waals surface area contributed by atoms with Crippen molar-refractivity contribution >= 4 is 10.8 Å². The maximum absolute atomic E-state index is 6.05. The highest BCUT2D eigenvalue weighted by Crippen LogP contribution is 2.57. The summed E-state index contributed by atoms with van der Waals surface area (Å²) in [6.45, 7) is 4.92. The summed E-state index contributed by atoms with van der Waals surface area (Å²) in [6, 6.07) is 39.3. The third kappa shape index (κ3) is 5.71. The van der Waals surface area contributed by atoms with E-state index in [2.05, 4.69) is 109 Å². The molecule has 0 bridgehead atoms. The molecule has 2 atom stereocenters. The second-order valence-electron chi connectivity index (χ2n) is 11.8. The summed E-state index contributed by atoms with van der Waals surface area (Å²) in [5.41, 5.74) is 6.91. The van der Waals surface area contributed by atoms with Crippen LogP contribution >= 0.6 is 0 Å². The Balaban J connectivity index is 1.14. The van der Waals surface area contributed by atoms with Gasteiger partial charge >= 0.3 is 0 Å². The van der Waals surface area contributed by atoms with Gasteiger partial charge in [-0.3, -0.25) is 0 Å². The van der Waals surface area contributed by atoms with Gasteiger partial charge < -0.3 is 28.4 Å². The van der Waals surface area contributed by atoms with Crippen LogP contribution in [-0.2, 0) is 24.4 Å². The lowest BCUT2D eigenvalue weighted by Gasteiger charge is -2.34. The van der Waals surface area contributed by atoms with Gasteiger partial charge in [0.05, 0.1) is 45.1 Å². The van der Waals surface area contributed by atoms with Gasteiger partial charge in [0.1, 0.15) is 36.9 Å². The fourth-order valence-corrected chi connectivity index (χ4v) is 6.55. The molecule has 2 aliphatic heterocycles. The van der Waals surface area contributed by atoms with Crippen molar-refractivity contribution < 1.29 is 28.4 Å². The van der Waals surface area contributed by atoms with Gasteiger partial charge in [0.2, 0.25) is 0 Å². The standard InChI is InChI=1S/C39H36O6/c1-2-6-28-22-38-36(21-27(28)5-1)35-7-3-4-8-37(35)39(38,29-9-13-31(14-10-29)42-19-17-40-23-33-25-44-33)30-11-15-32(16-12-30)43-20-18-41-24-34-26-45-34/h1-16,21-22,33-34H,17-20,23-26H2. The molecule has 0 N–H and O–H groups in total. The summed E-state index contributed by atoms with van der Waals surface area (Å²) in [7, 11) is 0. The summed E-state index contributed by atoms with van der Waals surface area (Å²) in [5.74, 6) is 1.65. The average Bonchev–Trinajstić information content (AvgIpc) is 4.03. The number of benzene rings is 5. The normalized spacial score (nSPS) is 20.9. The fourth-order valence-electron chi connectivity index (χ4n) is 6.55. The Labute approximate surface area is 263 Å². The zero-order valence-corrected chi connectivity index (χ0v) is 25.2. The molecule has 2 fully saturated rings. The maximum Gasteiger partial charge on any atom is 0.119 e. The molecule has 0 amide bonds. The number of epoxide rings is 2. The van der Waals surface area contributed by atoms with Crippen LogP contribution in [0.2, 0.25) is 0 Å².